The van der Waals surface area contributed by atoms with Gasteiger partial charge in [0.25, 0.3) is 11.6 Å². The molecule has 0 unspecified atom stereocenters. The molecule has 2 rings (SSSR count). The fraction of sp³-hybridized carbons (Fsp3) is 0.300. The van der Waals surface area contributed by atoms with Gasteiger partial charge in [-0.05, 0) is 70.8 Å². The van der Waals surface area contributed by atoms with Crippen LogP contribution in [0.15, 0.2) is 40.9 Å². The van der Waals surface area contributed by atoms with Gasteiger partial charge in [0, 0.05) is 5.56 Å². The first-order valence-electron chi connectivity index (χ1n) is 9.08. The first-order chi connectivity index (χ1) is 14.2. The molecule has 0 heterocycles. The highest BCUT2D eigenvalue weighted by Crippen LogP contribution is 2.29. The quantitative estimate of drug-likeness (QED) is 0.304. The van der Waals surface area contributed by atoms with Crippen molar-refractivity contribution in [2.45, 2.75) is 20.3 Å². The Morgan fingerprint density at radius 2 is 2.00 bits per heavy atom. The fourth-order valence-electron chi connectivity index (χ4n) is 2.39. The number of halogens is 1. The van der Waals surface area contributed by atoms with Gasteiger partial charge >= 0.3 is 0 Å². The second-order valence-corrected chi connectivity index (χ2v) is 7.99. The Kier molecular flexibility index (Phi) is 8.55. The lowest BCUT2D eigenvalue weighted by Crippen LogP contribution is -2.34. The Balaban J connectivity index is 2.03. The van der Waals surface area contributed by atoms with Gasteiger partial charge in [-0.3, -0.25) is 20.2 Å². The normalized spacial score (nSPS) is 10.4. The van der Waals surface area contributed by atoms with Crippen molar-refractivity contribution in [3.63, 3.8) is 0 Å². The summed E-state index contributed by atoms with van der Waals surface area (Å²) in [6.07, 6.45) is 0.923. The third-order valence-electron chi connectivity index (χ3n) is 4.02. The first kappa shape index (κ1) is 23.6. The Morgan fingerprint density at radius 3 is 2.60 bits per heavy atom. The van der Waals surface area contributed by atoms with Gasteiger partial charge in [-0.15, -0.1) is 0 Å². The molecule has 2 aromatic carbocycles. The molecule has 0 radical (unpaired) electrons. The van der Waals surface area contributed by atoms with E-state index in [4.69, 9.17) is 21.7 Å². The number of nitrogens with one attached hydrogen (secondary N) is 2. The monoisotopic (exact) mass is 495 g/mol. The minimum atomic E-state index is -0.565. The Bertz CT molecular complexity index is 952. The van der Waals surface area contributed by atoms with Crippen LogP contribution < -0.4 is 20.1 Å². The van der Waals surface area contributed by atoms with Gasteiger partial charge in [0.05, 0.1) is 29.2 Å². The van der Waals surface area contributed by atoms with Crippen LogP contribution in [0.25, 0.3) is 0 Å². The van der Waals surface area contributed by atoms with E-state index in [9.17, 15) is 14.9 Å². The van der Waals surface area contributed by atoms with E-state index in [-0.39, 0.29) is 16.5 Å². The number of nitro groups is 1. The molecule has 0 aliphatic carbocycles. The summed E-state index contributed by atoms with van der Waals surface area (Å²) in [6, 6.07) is 9.21. The molecule has 0 aromatic heterocycles. The molecular weight excluding hydrogens is 474 g/mol. The smallest absolute Gasteiger partial charge is 0.296 e. The molecule has 8 nitrogen and oxygen atoms in total. The molecule has 10 heteroatoms. The van der Waals surface area contributed by atoms with Gasteiger partial charge in [0.15, 0.2) is 5.11 Å². The van der Waals surface area contributed by atoms with Crippen molar-refractivity contribution in [2.75, 3.05) is 19.0 Å². The summed E-state index contributed by atoms with van der Waals surface area (Å²) >= 11 is 8.53. The second kappa shape index (κ2) is 10.9. The van der Waals surface area contributed by atoms with Crippen LogP contribution in [0.2, 0.25) is 0 Å². The van der Waals surface area contributed by atoms with Crippen molar-refractivity contribution in [1.82, 2.24) is 5.32 Å². The number of ether oxygens (including phenoxy) is 2. The standard InChI is InChI=1S/C20H22BrN3O5S/c1-12(2)8-9-29-18-7-4-13(10-15(18)21)19(25)23-20(30)22-16-6-5-14(28-3)11-17(16)24(26)27/h4-7,10-12H,8-9H2,1-3H3,(H2,22,23,25,30). The highest BCUT2D eigenvalue weighted by atomic mass is 79.9. The summed E-state index contributed by atoms with van der Waals surface area (Å²) < 4.78 is 11.3. The average Bonchev–Trinajstić information content (AvgIpc) is 2.68. The lowest BCUT2D eigenvalue weighted by molar-refractivity contribution is -0.384. The molecule has 160 valence electrons. The summed E-state index contributed by atoms with van der Waals surface area (Å²) in [7, 11) is 1.41. The maximum Gasteiger partial charge on any atom is 0.296 e. The third-order valence-corrected chi connectivity index (χ3v) is 4.85. The molecule has 0 bridgehead atoms. The Labute approximate surface area is 188 Å². The van der Waals surface area contributed by atoms with Crippen molar-refractivity contribution >= 4 is 50.5 Å². The zero-order valence-corrected chi connectivity index (χ0v) is 19.1. The van der Waals surface area contributed by atoms with E-state index in [2.05, 4.69) is 40.4 Å². The molecular formula is C20H22BrN3O5S. The van der Waals surface area contributed by atoms with Crippen LogP contribution in [0.1, 0.15) is 30.6 Å². The predicted molar refractivity (Wildman–Crippen MR) is 122 cm³/mol. The lowest BCUT2D eigenvalue weighted by Gasteiger charge is -2.12. The molecule has 1 amide bonds. The van der Waals surface area contributed by atoms with Crippen LogP contribution in [0.4, 0.5) is 11.4 Å². The van der Waals surface area contributed by atoms with E-state index in [1.54, 1.807) is 24.3 Å². The summed E-state index contributed by atoms with van der Waals surface area (Å²) in [4.78, 5) is 23.2. The second-order valence-electron chi connectivity index (χ2n) is 6.72. The van der Waals surface area contributed by atoms with Crippen LogP contribution in [0.3, 0.4) is 0 Å². The van der Waals surface area contributed by atoms with Crippen LogP contribution in [-0.2, 0) is 0 Å². The minimum Gasteiger partial charge on any atom is -0.496 e. The van der Waals surface area contributed by atoms with Gasteiger partial charge in [-0.2, -0.15) is 0 Å². The van der Waals surface area contributed by atoms with Crippen molar-refractivity contribution in [1.29, 1.82) is 0 Å². The summed E-state index contributed by atoms with van der Waals surface area (Å²) in [5.74, 6) is 1.05. The zero-order valence-electron chi connectivity index (χ0n) is 16.7. The number of thiocarbonyl (C=S) groups is 1. The van der Waals surface area contributed by atoms with Crippen LogP contribution in [-0.4, -0.2) is 29.7 Å². The molecule has 0 saturated carbocycles. The first-order valence-corrected chi connectivity index (χ1v) is 10.3. The Morgan fingerprint density at radius 1 is 1.27 bits per heavy atom. The van der Waals surface area contributed by atoms with Crippen LogP contribution in [0, 0.1) is 16.0 Å². The number of methoxy groups -OCH3 is 1. The SMILES string of the molecule is COc1ccc(NC(=S)NC(=O)c2ccc(OCCC(C)C)c(Br)c2)c([N+](=O)[O-])c1. The van der Waals surface area contributed by atoms with Crippen LogP contribution >= 0.6 is 28.1 Å². The highest BCUT2D eigenvalue weighted by molar-refractivity contribution is 9.10. The van der Waals surface area contributed by atoms with Gasteiger partial charge < -0.3 is 14.8 Å². The molecule has 30 heavy (non-hydrogen) atoms. The van der Waals surface area contributed by atoms with E-state index < -0.39 is 10.8 Å². The van der Waals surface area contributed by atoms with Gasteiger partial charge in [-0.1, -0.05) is 13.8 Å². The van der Waals surface area contributed by atoms with Gasteiger partial charge in [0.2, 0.25) is 0 Å². The van der Waals surface area contributed by atoms with E-state index >= 15 is 0 Å². The summed E-state index contributed by atoms with van der Waals surface area (Å²) in [5, 5.41) is 16.4. The third kappa shape index (κ3) is 6.67. The maximum absolute atomic E-state index is 12.5. The van der Waals surface area contributed by atoms with Crippen molar-refractivity contribution < 1.29 is 19.2 Å². The molecule has 0 fully saturated rings. The predicted octanol–water partition coefficient (Wildman–Crippen LogP) is 4.92. The van der Waals surface area contributed by atoms with E-state index in [1.165, 1.54) is 19.2 Å². The lowest BCUT2D eigenvalue weighted by atomic mass is 10.1. The van der Waals surface area contributed by atoms with E-state index in [1.807, 2.05) is 0 Å². The number of carbonyl (C=O) groups excluding carboxylic acids is 1. The topological polar surface area (TPSA) is 103 Å². The van der Waals surface area contributed by atoms with Gasteiger partial charge in [-0.25, -0.2) is 0 Å². The molecule has 0 spiro atoms. The zero-order chi connectivity index (χ0) is 22.3. The number of hydrogen-bond donors (Lipinski definition) is 2. The minimum absolute atomic E-state index is 0.0679. The van der Waals surface area contributed by atoms with Crippen molar-refractivity contribution in [2.24, 2.45) is 5.92 Å². The molecule has 0 saturated heterocycles. The van der Waals surface area contributed by atoms with Crippen molar-refractivity contribution in [3.05, 3.63) is 56.5 Å². The fourth-order valence-corrected chi connectivity index (χ4v) is 3.08. The largest absolute Gasteiger partial charge is 0.496 e. The molecule has 0 aliphatic rings. The summed E-state index contributed by atoms with van der Waals surface area (Å²) in [6.45, 7) is 4.81. The summed E-state index contributed by atoms with van der Waals surface area (Å²) in [5.41, 5.74) is 0.268. The Hall–Kier alpha value is -2.72. The number of benzene rings is 2. The molecule has 0 aliphatic heterocycles. The van der Waals surface area contributed by atoms with Gasteiger partial charge in [0.1, 0.15) is 17.2 Å². The molecule has 2 aromatic rings. The maximum atomic E-state index is 12.5. The number of amides is 1. The van der Waals surface area contributed by atoms with Crippen LogP contribution in [0.5, 0.6) is 11.5 Å². The highest BCUT2D eigenvalue weighted by Gasteiger charge is 2.17. The number of nitrogens with zero attached hydrogens (tertiary/aromatic N) is 1. The molecule has 2 N–H and O–H groups in total. The average molecular weight is 496 g/mol. The van der Waals surface area contributed by atoms with Crippen molar-refractivity contribution in [3.8, 4) is 11.5 Å². The number of carbonyl (C=O) groups is 1. The number of hydrogen-bond acceptors (Lipinski definition) is 6. The van der Waals surface area contributed by atoms with E-state index in [0.29, 0.717) is 34.1 Å². The number of anilines is 1. The van der Waals surface area contributed by atoms with E-state index in [0.717, 1.165) is 6.42 Å². The number of nitro benzene ring substituents is 1. The number of rotatable bonds is 8. The molecule has 0 atom stereocenters.